The first-order valence-corrected chi connectivity index (χ1v) is 11.7. The largest absolute Gasteiger partial charge is 0.504 e. The minimum atomic E-state index is -0.190. The molecule has 2 heterocycles. The molecule has 0 saturated carbocycles. The molecule has 8 heteroatoms. The van der Waals surface area contributed by atoms with Gasteiger partial charge in [-0.25, -0.2) is 0 Å². The van der Waals surface area contributed by atoms with Gasteiger partial charge in [-0.15, -0.1) is 0 Å². The number of fused-ring (bicyclic) bond motifs is 3. The van der Waals surface area contributed by atoms with E-state index in [9.17, 15) is 10.2 Å². The molecule has 1 aliphatic heterocycles. The average molecular weight is 504 g/mol. The number of hydrogen-bond donors (Lipinski definition) is 2. The highest BCUT2D eigenvalue weighted by atomic mass is 16.5. The second-order valence-corrected chi connectivity index (χ2v) is 8.69. The summed E-state index contributed by atoms with van der Waals surface area (Å²) >= 11 is 0. The molecule has 0 atom stereocenters. The third-order valence-electron chi connectivity index (χ3n) is 6.80. The smallest absolute Gasteiger partial charge is 0.203 e. The van der Waals surface area contributed by atoms with Gasteiger partial charge in [0.05, 0.1) is 41.2 Å². The zero-order valence-electron chi connectivity index (χ0n) is 21.4. The lowest BCUT2D eigenvalue weighted by atomic mass is 9.90. The van der Waals surface area contributed by atoms with Crippen molar-refractivity contribution in [3.8, 4) is 73.8 Å². The number of phenolic OH excluding ortho intramolecular Hbond substituents is 2. The standard InChI is InChI=1S/C29H29NO7/c1-33-23-11-17-8-9-30-15-20(16-6-7-21(31)22(32)10-16)27(28(30)19(17)14-24(23)34-2)18-12-25(35-3)29(37-5)26(13-18)36-4/h6-7,10-15,31-32H,8-9H2,1-5H3. The van der Waals surface area contributed by atoms with Crippen LogP contribution in [0.15, 0.2) is 48.7 Å². The molecule has 5 rings (SSSR count). The van der Waals surface area contributed by atoms with Gasteiger partial charge in [0.15, 0.2) is 34.5 Å². The zero-order chi connectivity index (χ0) is 26.3. The first kappa shape index (κ1) is 24.2. The number of methoxy groups -OCH3 is 5. The van der Waals surface area contributed by atoms with Gasteiger partial charge in [-0.05, 0) is 59.5 Å². The van der Waals surface area contributed by atoms with Crippen molar-refractivity contribution >= 4 is 0 Å². The Morgan fingerprint density at radius 2 is 1.30 bits per heavy atom. The number of ether oxygens (including phenoxy) is 5. The van der Waals surface area contributed by atoms with Crippen LogP contribution >= 0.6 is 0 Å². The van der Waals surface area contributed by atoms with Crippen LogP contribution in [0.3, 0.4) is 0 Å². The van der Waals surface area contributed by atoms with Gasteiger partial charge in [-0.3, -0.25) is 0 Å². The number of hydrogen-bond acceptors (Lipinski definition) is 7. The van der Waals surface area contributed by atoms with Crippen molar-refractivity contribution in [2.75, 3.05) is 35.5 Å². The van der Waals surface area contributed by atoms with Crippen LogP contribution in [0, 0.1) is 0 Å². The molecular weight excluding hydrogens is 474 g/mol. The molecule has 3 aromatic carbocycles. The Hall–Kier alpha value is -4.46. The van der Waals surface area contributed by atoms with Crippen LogP contribution in [0.4, 0.5) is 0 Å². The maximum absolute atomic E-state index is 10.3. The third-order valence-corrected chi connectivity index (χ3v) is 6.80. The van der Waals surface area contributed by atoms with Gasteiger partial charge >= 0.3 is 0 Å². The van der Waals surface area contributed by atoms with Crippen molar-refractivity contribution in [2.45, 2.75) is 13.0 Å². The fourth-order valence-corrected chi connectivity index (χ4v) is 5.04. The number of aromatic nitrogens is 1. The normalized spacial score (nSPS) is 11.9. The molecule has 0 amide bonds. The first-order chi connectivity index (χ1) is 17.9. The summed E-state index contributed by atoms with van der Waals surface area (Å²) in [6.45, 7) is 0.749. The van der Waals surface area contributed by atoms with Gasteiger partial charge in [-0.1, -0.05) is 6.07 Å². The number of aryl methyl sites for hydroxylation is 2. The van der Waals surface area contributed by atoms with Crippen LogP contribution in [0.5, 0.6) is 40.2 Å². The predicted molar refractivity (Wildman–Crippen MR) is 141 cm³/mol. The Labute approximate surface area is 215 Å². The van der Waals surface area contributed by atoms with Crippen molar-refractivity contribution < 1.29 is 33.9 Å². The number of nitrogens with zero attached hydrogens (tertiary/aromatic N) is 1. The number of aromatic hydroxyl groups is 2. The molecule has 0 radical (unpaired) electrons. The van der Waals surface area contributed by atoms with Crippen LogP contribution in [-0.4, -0.2) is 50.3 Å². The Bertz CT molecular complexity index is 1460. The minimum absolute atomic E-state index is 0.177. The molecule has 0 aliphatic carbocycles. The van der Waals surface area contributed by atoms with E-state index in [1.807, 2.05) is 24.3 Å². The number of rotatable bonds is 7. The predicted octanol–water partition coefficient (Wildman–Crippen LogP) is 5.50. The summed E-state index contributed by atoms with van der Waals surface area (Å²) in [5.74, 6) is 2.50. The highest BCUT2D eigenvalue weighted by Gasteiger charge is 2.28. The van der Waals surface area contributed by atoms with Gasteiger partial charge in [-0.2, -0.15) is 0 Å². The van der Waals surface area contributed by atoms with Crippen molar-refractivity contribution in [3.63, 3.8) is 0 Å². The van der Waals surface area contributed by atoms with E-state index in [1.54, 1.807) is 47.7 Å². The van der Waals surface area contributed by atoms with E-state index in [4.69, 9.17) is 23.7 Å². The van der Waals surface area contributed by atoms with E-state index in [-0.39, 0.29) is 11.5 Å². The molecule has 1 aromatic heterocycles. The lowest BCUT2D eigenvalue weighted by Crippen LogP contribution is -2.11. The quantitative estimate of drug-likeness (QED) is 0.322. The van der Waals surface area contributed by atoms with Gasteiger partial charge in [0.2, 0.25) is 5.75 Å². The van der Waals surface area contributed by atoms with Crippen LogP contribution in [0.2, 0.25) is 0 Å². The SMILES string of the molecule is COc1cc2c(cc1OC)-c1c(-c3cc(OC)c(OC)c(OC)c3)c(-c3ccc(O)c(O)c3)cn1CC2. The summed E-state index contributed by atoms with van der Waals surface area (Å²) in [6.07, 6.45) is 2.88. The molecular formula is C29H29NO7. The summed E-state index contributed by atoms with van der Waals surface area (Å²) in [4.78, 5) is 0. The highest BCUT2D eigenvalue weighted by molar-refractivity contribution is 5.96. The van der Waals surface area contributed by atoms with E-state index in [0.29, 0.717) is 28.7 Å². The van der Waals surface area contributed by atoms with Gasteiger partial charge in [0.25, 0.3) is 0 Å². The molecule has 8 nitrogen and oxygen atoms in total. The third kappa shape index (κ3) is 3.94. The molecule has 192 valence electrons. The van der Waals surface area contributed by atoms with Crippen molar-refractivity contribution in [3.05, 3.63) is 54.2 Å². The molecule has 1 aliphatic rings. The summed E-state index contributed by atoms with van der Waals surface area (Å²) in [6, 6.07) is 12.7. The van der Waals surface area contributed by atoms with Crippen LogP contribution in [0.1, 0.15) is 5.56 Å². The van der Waals surface area contributed by atoms with Crippen LogP contribution in [-0.2, 0) is 13.0 Å². The van der Waals surface area contributed by atoms with Crippen LogP contribution in [0.25, 0.3) is 33.5 Å². The maximum Gasteiger partial charge on any atom is 0.203 e. The lowest BCUT2D eigenvalue weighted by Gasteiger charge is -2.23. The number of phenols is 2. The summed E-state index contributed by atoms with van der Waals surface area (Å²) < 4.78 is 30.3. The second-order valence-electron chi connectivity index (χ2n) is 8.69. The molecule has 0 fully saturated rings. The van der Waals surface area contributed by atoms with Crippen LogP contribution < -0.4 is 23.7 Å². The monoisotopic (exact) mass is 503 g/mol. The maximum atomic E-state index is 10.3. The summed E-state index contributed by atoms with van der Waals surface area (Å²) in [5, 5.41) is 20.2. The molecule has 0 bridgehead atoms. The summed E-state index contributed by atoms with van der Waals surface area (Å²) in [5.41, 5.74) is 6.52. The topological polar surface area (TPSA) is 91.5 Å². The van der Waals surface area contributed by atoms with E-state index < -0.39 is 0 Å². The minimum Gasteiger partial charge on any atom is -0.504 e. The van der Waals surface area contributed by atoms with Gasteiger partial charge in [0, 0.05) is 29.4 Å². The van der Waals surface area contributed by atoms with Crippen molar-refractivity contribution in [1.82, 2.24) is 4.57 Å². The van der Waals surface area contributed by atoms with Gasteiger partial charge < -0.3 is 38.5 Å². The van der Waals surface area contributed by atoms with Crippen molar-refractivity contribution in [2.24, 2.45) is 0 Å². The lowest BCUT2D eigenvalue weighted by molar-refractivity contribution is 0.324. The van der Waals surface area contributed by atoms with Gasteiger partial charge in [0.1, 0.15) is 0 Å². The van der Waals surface area contributed by atoms with E-state index in [1.165, 1.54) is 6.07 Å². The molecule has 37 heavy (non-hydrogen) atoms. The zero-order valence-corrected chi connectivity index (χ0v) is 21.4. The molecule has 4 aromatic rings. The number of benzene rings is 3. The fourth-order valence-electron chi connectivity index (χ4n) is 5.04. The molecule has 0 saturated heterocycles. The van der Waals surface area contributed by atoms with E-state index >= 15 is 0 Å². The average Bonchev–Trinajstić information content (AvgIpc) is 3.32. The fraction of sp³-hybridized carbons (Fsp3) is 0.241. The van der Waals surface area contributed by atoms with E-state index in [0.717, 1.165) is 52.0 Å². The Kier molecular flexibility index (Phi) is 6.25. The van der Waals surface area contributed by atoms with E-state index in [2.05, 4.69) is 10.8 Å². The Morgan fingerprint density at radius 1 is 0.649 bits per heavy atom. The molecule has 2 N–H and O–H groups in total. The molecule has 0 unspecified atom stereocenters. The Morgan fingerprint density at radius 3 is 1.89 bits per heavy atom. The summed E-state index contributed by atoms with van der Waals surface area (Å²) in [7, 11) is 7.99. The highest BCUT2D eigenvalue weighted by Crippen LogP contribution is 2.50. The first-order valence-electron chi connectivity index (χ1n) is 11.7. The Balaban J connectivity index is 1.86. The second kappa shape index (κ2) is 9.54. The molecule has 0 spiro atoms. The van der Waals surface area contributed by atoms with Crippen molar-refractivity contribution in [1.29, 1.82) is 0 Å².